The van der Waals surface area contributed by atoms with Crippen molar-refractivity contribution < 1.29 is 23.7 Å². The predicted octanol–water partition coefficient (Wildman–Crippen LogP) is 1.45. The van der Waals surface area contributed by atoms with Gasteiger partial charge in [-0.25, -0.2) is 4.39 Å². The lowest BCUT2D eigenvalue weighted by Crippen LogP contribution is -2.09. The Hall–Kier alpha value is -1.33. The number of hydrogen-bond donors (Lipinski definition) is 1. The van der Waals surface area contributed by atoms with Gasteiger partial charge in [0.15, 0.2) is 11.5 Å². The zero-order valence-electron chi connectivity index (χ0n) is 9.83. The quantitative estimate of drug-likeness (QED) is 0.852. The van der Waals surface area contributed by atoms with E-state index in [1.807, 2.05) is 0 Å². The average molecular weight is 242 g/mol. The minimum atomic E-state index is -0.896. The Morgan fingerprint density at radius 3 is 2.82 bits per heavy atom. The molecule has 0 fully saturated rings. The van der Waals surface area contributed by atoms with Crippen molar-refractivity contribution in [2.45, 2.75) is 12.5 Å². The maximum absolute atomic E-state index is 13.9. The molecule has 0 saturated heterocycles. The van der Waals surface area contributed by atoms with Gasteiger partial charge in [0.1, 0.15) is 11.9 Å². The smallest absolute Gasteiger partial charge is 0.167 e. The van der Waals surface area contributed by atoms with Crippen LogP contribution in [0, 0.1) is 5.82 Å². The molecule has 5 heteroatoms. The molecule has 94 valence electrons. The molecule has 0 bridgehead atoms. The lowest BCUT2D eigenvalue weighted by Gasteiger charge is -2.18. The third-order valence-electron chi connectivity index (χ3n) is 2.87. The molecule has 0 saturated carbocycles. The normalized spacial score (nSPS) is 19.4. The Bertz CT molecular complexity index is 419. The third-order valence-corrected chi connectivity index (χ3v) is 2.87. The molecule has 1 aromatic carbocycles. The van der Waals surface area contributed by atoms with Crippen LogP contribution in [0.3, 0.4) is 0 Å². The van der Waals surface area contributed by atoms with Gasteiger partial charge in [-0.05, 0) is 12.0 Å². The number of aliphatic hydroxyl groups excluding tert-OH is 1. The van der Waals surface area contributed by atoms with Crippen molar-refractivity contribution >= 4 is 0 Å². The summed E-state index contributed by atoms with van der Waals surface area (Å²) >= 11 is 0. The van der Waals surface area contributed by atoms with Gasteiger partial charge in [-0.15, -0.1) is 0 Å². The topological polar surface area (TPSA) is 47.9 Å². The standard InChI is InChI=1S/C12H15FO4/c1-15-10-5-8(13)7-3-4-17-6-9(14)11(7)12(10)16-2/h5,9,14H,3-4,6H2,1-2H3. The van der Waals surface area contributed by atoms with Crippen molar-refractivity contribution in [1.29, 1.82) is 0 Å². The van der Waals surface area contributed by atoms with Gasteiger partial charge in [0.05, 0.1) is 27.4 Å². The lowest BCUT2D eigenvalue weighted by molar-refractivity contribution is 0.0439. The van der Waals surface area contributed by atoms with E-state index in [9.17, 15) is 9.50 Å². The van der Waals surface area contributed by atoms with Crippen LogP contribution in [0.5, 0.6) is 11.5 Å². The van der Waals surface area contributed by atoms with Crippen LogP contribution in [0.1, 0.15) is 17.2 Å². The first-order chi connectivity index (χ1) is 8.19. The van der Waals surface area contributed by atoms with Crippen molar-refractivity contribution in [3.05, 3.63) is 23.0 Å². The van der Waals surface area contributed by atoms with Gasteiger partial charge >= 0.3 is 0 Å². The highest BCUT2D eigenvalue weighted by molar-refractivity contribution is 5.53. The van der Waals surface area contributed by atoms with Crippen LogP contribution < -0.4 is 9.47 Å². The van der Waals surface area contributed by atoms with Gasteiger partial charge in [-0.2, -0.15) is 0 Å². The van der Waals surface area contributed by atoms with E-state index in [2.05, 4.69) is 0 Å². The minimum Gasteiger partial charge on any atom is -0.493 e. The van der Waals surface area contributed by atoms with Crippen LogP contribution >= 0.6 is 0 Å². The number of benzene rings is 1. The second-order valence-electron chi connectivity index (χ2n) is 3.83. The first kappa shape index (κ1) is 12.1. The summed E-state index contributed by atoms with van der Waals surface area (Å²) in [7, 11) is 2.90. The molecule has 0 spiro atoms. The van der Waals surface area contributed by atoms with Crippen LogP contribution in [-0.2, 0) is 11.2 Å². The van der Waals surface area contributed by atoms with Gasteiger partial charge in [0, 0.05) is 11.6 Å². The summed E-state index contributed by atoms with van der Waals surface area (Å²) in [5, 5.41) is 9.97. The Morgan fingerprint density at radius 1 is 1.41 bits per heavy atom. The molecule has 0 radical (unpaired) electrons. The van der Waals surface area contributed by atoms with Crippen LogP contribution in [0.25, 0.3) is 0 Å². The van der Waals surface area contributed by atoms with E-state index in [-0.39, 0.29) is 12.4 Å². The van der Waals surface area contributed by atoms with Gasteiger partial charge < -0.3 is 19.3 Å². The largest absolute Gasteiger partial charge is 0.493 e. The SMILES string of the molecule is COc1cc(F)c2c(c1OC)C(O)COCC2. The summed E-state index contributed by atoms with van der Waals surface area (Å²) in [5.74, 6) is 0.258. The van der Waals surface area contributed by atoms with Crippen LogP contribution in [-0.4, -0.2) is 32.5 Å². The van der Waals surface area contributed by atoms with E-state index in [4.69, 9.17) is 14.2 Å². The van der Waals surface area contributed by atoms with E-state index >= 15 is 0 Å². The second-order valence-corrected chi connectivity index (χ2v) is 3.83. The monoisotopic (exact) mass is 242 g/mol. The second kappa shape index (κ2) is 4.89. The molecule has 1 unspecified atom stereocenters. The van der Waals surface area contributed by atoms with E-state index < -0.39 is 11.9 Å². The zero-order valence-corrected chi connectivity index (χ0v) is 9.83. The summed E-state index contributed by atoms with van der Waals surface area (Å²) in [5.41, 5.74) is 0.870. The number of ether oxygens (including phenoxy) is 3. The molecule has 17 heavy (non-hydrogen) atoms. The molecule has 1 atom stereocenters. The molecule has 1 aromatic rings. The highest BCUT2D eigenvalue weighted by atomic mass is 19.1. The Kier molecular flexibility index (Phi) is 3.49. The van der Waals surface area contributed by atoms with Crippen molar-refractivity contribution in [1.82, 2.24) is 0 Å². The number of halogens is 1. The molecule has 1 heterocycles. The summed E-state index contributed by atoms with van der Waals surface area (Å²) in [6.45, 7) is 0.520. The summed E-state index contributed by atoms with van der Waals surface area (Å²) < 4.78 is 29.4. The fourth-order valence-corrected chi connectivity index (χ4v) is 2.09. The van der Waals surface area contributed by atoms with Crippen LogP contribution in [0.2, 0.25) is 0 Å². The first-order valence-corrected chi connectivity index (χ1v) is 5.38. The van der Waals surface area contributed by atoms with E-state index in [0.29, 0.717) is 29.9 Å². The Morgan fingerprint density at radius 2 is 2.18 bits per heavy atom. The maximum Gasteiger partial charge on any atom is 0.167 e. The molecule has 1 aliphatic heterocycles. The van der Waals surface area contributed by atoms with Crippen LogP contribution in [0.15, 0.2) is 6.07 Å². The zero-order chi connectivity index (χ0) is 12.4. The highest BCUT2D eigenvalue weighted by Gasteiger charge is 2.27. The minimum absolute atomic E-state index is 0.135. The first-order valence-electron chi connectivity index (χ1n) is 5.38. The van der Waals surface area contributed by atoms with Gasteiger partial charge in [0.25, 0.3) is 0 Å². The van der Waals surface area contributed by atoms with Crippen molar-refractivity contribution in [2.24, 2.45) is 0 Å². The fraction of sp³-hybridized carbons (Fsp3) is 0.500. The molecular formula is C12H15FO4. The van der Waals surface area contributed by atoms with Gasteiger partial charge in [0.2, 0.25) is 0 Å². The number of rotatable bonds is 2. The molecule has 0 amide bonds. The molecular weight excluding hydrogens is 227 g/mol. The molecule has 0 aliphatic carbocycles. The fourth-order valence-electron chi connectivity index (χ4n) is 2.09. The van der Waals surface area contributed by atoms with E-state index in [1.54, 1.807) is 0 Å². The molecule has 1 N–H and O–H groups in total. The van der Waals surface area contributed by atoms with Gasteiger partial charge in [-0.1, -0.05) is 0 Å². The Balaban J connectivity index is 2.64. The number of hydrogen-bond acceptors (Lipinski definition) is 4. The number of aliphatic hydroxyl groups is 1. The predicted molar refractivity (Wildman–Crippen MR) is 59.0 cm³/mol. The van der Waals surface area contributed by atoms with Crippen LogP contribution in [0.4, 0.5) is 4.39 Å². The van der Waals surface area contributed by atoms with Crippen molar-refractivity contribution in [3.63, 3.8) is 0 Å². The average Bonchev–Trinajstić information content (AvgIpc) is 2.52. The molecule has 4 nitrogen and oxygen atoms in total. The third kappa shape index (κ3) is 2.08. The summed E-state index contributed by atoms with van der Waals surface area (Å²) in [6.07, 6.45) is -0.481. The molecule has 2 rings (SSSR count). The molecule has 0 aromatic heterocycles. The number of fused-ring (bicyclic) bond motifs is 1. The summed E-state index contributed by atoms with van der Waals surface area (Å²) in [4.78, 5) is 0. The lowest BCUT2D eigenvalue weighted by atomic mass is 9.98. The number of methoxy groups -OCH3 is 2. The van der Waals surface area contributed by atoms with E-state index in [0.717, 1.165) is 0 Å². The Labute approximate surface area is 98.9 Å². The maximum atomic E-state index is 13.9. The summed E-state index contributed by atoms with van der Waals surface area (Å²) in [6, 6.07) is 1.27. The van der Waals surface area contributed by atoms with Crippen molar-refractivity contribution in [3.8, 4) is 11.5 Å². The molecule has 1 aliphatic rings. The highest BCUT2D eigenvalue weighted by Crippen LogP contribution is 2.40. The van der Waals surface area contributed by atoms with E-state index in [1.165, 1.54) is 20.3 Å². The van der Waals surface area contributed by atoms with Crippen molar-refractivity contribution in [2.75, 3.05) is 27.4 Å². The van der Waals surface area contributed by atoms with Gasteiger partial charge in [-0.3, -0.25) is 0 Å².